The minimum absolute atomic E-state index is 0.0444. The Morgan fingerprint density at radius 2 is 2.35 bits per heavy atom. The highest BCUT2D eigenvalue weighted by molar-refractivity contribution is 9.10. The molecule has 1 aromatic carbocycles. The molecule has 1 aliphatic rings. The Hall–Kier alpha value is -0.620. The smallest absolute Gasteiger partial charge is 0.0755 e. The molecule has 0 aliphatic carbocycles. The van der Waals surface area contributed by atoms with Crippen LogP contribution in [-0.4, -0.2) is 44.1 Å². The van der Waals surface area contributed by atoms with E-state index in [0.717, 1.165) is 30.5 Å². The largest absolute Gasteiger partial charge is 0.394 e. The first-order valence-electron chi connectivity index (χ1n) is 7.20. The van der Waals surface area contributed by atoms with E-state index in [2.05, 4.69) is 51.3 Å². The van der Waals surface area contributed by atoms with Crippen LogP contribution < -0.4 is 10.2 Å². The molecule has 1 saturated heterocycles. The van der Waals surface area contributed by atoms with E-state index in [9.17, 15) is 5.11 Å². The Balaban J connectivity index is 2.20. The summed E-state index contributed by atoms with van der Waals surface area (Å²) in [6, 6.07) is 6.40. The quantitative estimate of drug-likeness (QED) is 0.777. The fourth-order valence-electron chi connectivity index (χ4n) is 2.48. The lowest BCUT2D eigenvalue weighted by Gasteiger charge is -2.37. The van der Waals surface area contributed by atoms with E-state index in [0.29, 0.717) is 13.2 Å². The number of ether oxygens (including phenoxy) is 1. The maximum Gasteiger partial charge on any atom is 0.0755 e. The van der Waals surface area contributed by atoms with E-state index in [4.69, 9.17) is 4.74 Å². The molecule has 2 rings (SSSR count). The number of nitrogens with one attached hydrogen (secondary N) is 1. The highest BCUT2D eigenvalue weighted by Crippen LogP contribution is 2.28. The zero-order valence-corrected chi connectivity index (χ0v) is 13.5. The number of benzene rings is 1. The summed E-state index contributed by atoms with van der Waals surface area (Å²) >= 11 is 3.55. The molecule has 0 bridgehead atoms. The zero-order valence-electron chi connectivity index (χ0n) is 11.9. The lowest BCUT2D eigenvalue weighted by Crippen LogP contribution is -2.48. The van der Waals surface area contributed by atoms with Crippen LogP contribution in [0.5, 0.6) is 0 Å². The van der Waals surface area contributed by atoms with Gasteiger partial charge >= 0.3 is 0 Å². The molecule has 0 amide bonds. The summed E-state index contributed by atoms with van der Waals surface area (Å²) in [7, 11) is 0. The average Bonchev–Trinajstić information content (AvgIpc) is 2.49. The van der Waals surface area contributed by atoms with Crippen LogP contribution in [0, 0.1) is 0 Å². The number of nitrogens with zero attached hydrogens (tertiary/aromatic N) is 1. The summed E-state index contributed by atoms with van der Waals surface area (Å²) in [5.41, 5.74) is 2.45. The van der Waals surface area contributed by atoms with Crippen molar-refractivity contribution in [3.05, 3.63) is 28.2 Å². The number of rotatable bonds is 6. The van der Waals surface area contributed by atoms with Gasteiger partial charge in [0.25, 0.3) is 0 Å². The van der Waals surface area contributed by atoms with Gasteiger partial charge in [-0.25, -0.2) is 0 Å². The summed E-state index contributed by atoms with van der Waals surface area (Å²) in [4.78, 5) is 2.26. The molecule has 0 aromatic heterocycles. The standard InChI is InChI=1S/C15H23BrN2O2/c1-2-5-17-9-12-3-4-13(16)8-15(12)18-6-7-20-11-14(18)10-19/h3-4,8,14,17,19H,2,5-7,9-11H2,1H3. The monoisotopic (exact) mass is 342 g/mol. The highest BCUT2D eigenvalue weighted by atomic mass is 79.9. The normalized spacial score (nSPS) is 19.4. The first kappa shape index (κ1) is 15.8. The number of morpholine rings is 1. The summed E-state index contributed by atoms with van der Waals surface area (Å²) < 4.78 is 6.53. The molecule has 1 aromatic rings. The van der Waals surface area contributed by atoms with E-state index in [1.165, 1.54) is 11.3 Å². The van der Waals surface area contributed by atoms with Gasteiger partial charge in [0.15, 0.2) is 0 Å². The van der Waals surface area contributed by atoms with Crippen molar-refractivity contribution in [2.45, 2.75) is 25.9 Å². The summed E-state index contributed by atoms with van der Waals surface area (Å²) in [6.07, 6.45) is 1.13. The predicted octanol–water partition coefficient (Wildman–Crippen LogP) is 2.15. The van der Waals surface area contributed by atoms with Gasteiger partial charge in [-0.1, -0.05) is 28.9 Å². The average molecular weight is 343 g/mol. The van der Waals surface area contributed by atoms with Crippen molar-refractivity contribution in [2.24, 2.45) is 0 Å². The van der Waals surface area contributed by atoms with Crippen LogP contribution in [0.1, 0.15) is 18.9 Å². The number of anilines is 1. The number of hydrogen-bond donors (Lipinski definition) is 2. The van der Waals surface area contributed by atoms with E-state index < -0.39 is 0 Å². The molecule has 1 unspecified atom stereocenters. The van der Waals surface area contributed by atoms with Gasteiger partial charge < -0.3 is 20.1 Å². The van der Waals surface area contributed by atoms with Crippen LogP contribution in [0.2, 0.25) is 0 Å². The minimum atomic E-state index is 0.0444. The Bertz CT molecular complexity index is 428. The van der Waals surface area contributed by atoms with Gasteiger partial charge in [0.05, 0.1) is 25.9 Å². The number of aliphatic hydroxyl groups is 1. The fraction of sp³-hybridized carbons (Fsp3) is 0.600. The molecule has 1 heterocycles. The SMILES string of the molecule is CCCNCc1ccc(Br)cc1N1CCOCC1CO. The number of aliphatic hydroxyl groups excluding tert-OH is 1. The van der Waals surface area contributed by atoms with Crippen LogP contribution >= 0.6 is 15.9 Å². The molecular formula is C15H23BrN2O2. The van der Waals surface area contributed by atoms with Gasteiger partial charge in [0.1, 0.15) is 0 Å². The summed E-state index contributed by atoms with van der Waals surface area (Å²) in [5.74, 6) is 0. The van der Waals surface area contributed by atoms with E-state index in [1.807, 2.05) is 0 Å². The van der Waals surface area contributed by atoms with Crippen LogP contribution in [-0.2, 0) is 11.3 Å². The van der Waals surface area contributed by atoms with Crippen LogP contribution in [0.4, 0.5) is 5.69 Å². The Morgan fingerprint density at radius 1 is 1.50 bits per heavy atom. The maximum absolute atomic E-state index is 9.55. The molecule has 5 heteroatoms. The third-order valence-corrected chi connectivity index (χ3v) is 4.03. The van der Waals surface area contributed by atoms with Crippen molar-refractivity contribution in [2.75, 3.05) is 37.8 Å². The molecule has 2 N–H and O–H groups in total. The van der Waals surface area contributed by atoms with Crippen molar-refractivity contribution in [3.8, 4) is 0 Å². The second-order valence-electron chi connectivity index (χ2n) is 5.05. The molecule has 0 saturated carbocycles. The molecule has 4 nitrogen and oxygen atoms in total. The molecule has 1 aliphatic heterocycles. The van der Waals surface area contributed by atoms with Gasteiger partial charge in [-0.3, -0.25) is 0 Å². The molecule has 1 atom stereocenters. The molecule has 0 radical (unpaired) electrons. The van der Waals surface area contributed by atoms with Crippen molar-refractivity contribution < 1.29 is 9.84 Å². The second-order valence-corrected chi connectivity index (χ2v) is 5.97. The van der Waals surface area contributed by atoms with Crippen LogP contribution in [0.25, 0.3) is 0 Å². The number of halogens is 1. The predicted molar refractivity (Wildman–Crippen MR) is 85.2 cm³/mol. The topological polar surface area (TPSA) is 44.7 Å². The lowest BCUT2D eigenvalue weighted by atomic mass is 10.1. The van der Waals surface area contributed by atoms with Crippen molar-refractivity contribution in [3.63, 3.8) is 0 Å². The van der Waals surface area contributed by atoms with Gasteiger partial charge in [0.2, 0.25) is 0 Å². The Kier molecular flexibility index (Phi) is 6.29. The minimum Gasteiger partial charge on any atom is -0.394 e. The van der Waals surface area contributed by atoms with Gasteiger partial charge in [-0.2, -0.15) is 0 Å². The van der Waals surface area contributed by atoms with Gasteiger partial charge in [-0.05, 0) is 30.7 Å². The van der Waals surface area contributed by atoms with Crippen molar-refractivity contribution in [1.29, 1.82) is 0 Å². The van der Waals surface area contributed by atoms with Crippen LogP contribution in [0.3, 0.4) is 0 Å². The number of hydrogen-bond acceptors (Lipinski definition) is 4. The molecular weight excluding hydrogens is 320 g/mol. The molecule has 20 heavy (non-hydrogen) atoms. The van der Waals surface area contributed by atoms with E-state index in [1.54, 1.807) is 0 Å². The molecule has 1 fully saturated rings. The van der Waals surface area contributed by atoms with E-state index in [-0.39, 0.29) is 12.6 Å². The molecule has 0 spiro atoms. The van der Waals surface area contributed by atoms with E-state index >= 15 is 0 Å². The first-order chi connectivity index (χ1) is 9.76. The molecule has 112 valence electrons. The Labute approximate surface area is 129 Å². The summed E-state index contributed by atoms with van der Waals surface area (Å²) in [6.45, 7) is 6.28. The van der Waals surface area contributed by atoms with Crippen molar-refractivity contribution >= 4 is 21.6 Å². The van der Waals surface area contributed by atoms with Crippen LogP contribution in [0.15, 0.2) is 22.7 Å². The fourth-order valence-corrected chi connectivity index (χ4v) is 2.83. The summed E-state index contributed by atoms with van der Waals surface area (Å²) in [5, 5.41) is 13.0. The lowest BCUT2D eigenvalue weighted by molar-refractivity contribution is 0.0726. The first-order valence-corrected chi connectivity index (χ1v) is 8.00. The third kappa shape index (κ3) is 3.95. The zero-order chi connectivity index (χ0) is 14.4. The maximum atomic E-state index is 9.55. The second kappa shape index (κ2) is 7.98. The van der Waals surface area contributed by atoms with Crippen molar-refractivity contribution in [1.82, 2.24) is 5.32 Å². The highest BCUT2D eigenvalue weighted by Gasteiger charge is 2.24. The Morgan fingerprint density at radius 3 is 3.10 bits per heavy atom. The van der Waals surface area contributed by atoms with Gasteiger partial charge in [-0.15, -0.1) is 0 Å². The van der Waals surface area contributed by atoms with Gasteiger partial charge in [0, 0.05) is 23.2 Å². The third-order valence-electron chi connectivity index (χ3n) is 3.54.